The third-order valence-electron chi connectivity index (χ3n) is 0.884. The fourth-order valence-electron chi connectivity index (χ4n) is 0.371. The molecule has 0 saturated heterocycles. The quantitative estimate of drug-likeness (QED) is 0.621. The summed E-state index contributed by atoms with van der Waals surface area (Å²) in [5.74, 6) is 0. The first-order valence-electron chi connectivity index (χ1n) is 3.12. The summed E-state index contributed by atoms with van der Waals surface area (Å²) in [6.45, 7) is 0.882. The number of methoxy groups -OCH3 is 1. The highest BCUT2D eigenvalue weighted by molar-refractivity contribution is 7.69. The average Bonchev–Trinajstić information content (AvgIpc) is 1.99. The Kier molecular flexibility index (Phi) is 4.41. The normalized spacial score (nSPS) is 18.0. The van der Waals surface area contributed by atoms with Gasteiger partial charge < -0.3 is 19.3 Å². The molecule has 12 heavy (non-hydrogen) atoms. The summed E-state index contributed by atoms with van der Waals surface area (Å²) >= 11 is 0. The summed E-state index contributed by atoms with van der Waals surface area (Å²) in [4.78, 5) is 21.1. The van der Waals surface area contributed by atoms with E-state index in [9.17, 15) is 14.3 Å². The number of carbonyl (C=O) groups excluding carboxylic acids is 1. The second-order valence-corrected chi connectivity index (χ2v) is 3.73. The Morgan fingerprint density at radius 2 is 2.25 bits per heavy atom. The van der Waals surface area contributed by atoms with Gasteiger partial charge in [0.05, 0.1) is 19.8 Å². The van der Waals surface area contributed by atoms with Crippen LogP contribution in [0.3, 0.4) is 0 Å². The molecule has 0 radical (unpaired) electrons. The van der Waals surface area contributed by atoms with Gasteiger partial charge in [0.15, 0.2) is 0 Å². The van der Waals surface area contributed by atoms with Crippen molar-refractivity contribution in [3.05, 3.63) is 0 Å². The van der Waals surface area contributed by atoms with E-state index in [0.29, 0.717) is 0 Å². The van der Waals surface area contributed by atoms with Crippen LogP contribution in [-0.2, 0) is 13.8 Å². The first-order chi connectivity index (χ1) is 5.40. The summed E-state index contributed by atoms with van der Waals surface area (Å²) in [6.07, 6.45) is -0.947. The summed E-state index contributed by atoms with van der Waals surface area (Å²) in [5, 5.41) is 8.63. The van der Waals surface area contributed by atoms with Gasteiger partial charge in [0.2, 0.25) is 7.60 Å². The maximum absolute atomic E-state index is 10.7. The molecule has 0 aromatic heterocycles. The molecule has 0 aliphatic rings. The Morgan fingerprint density at radius 1 is 1.75 bits per heavy atom. The lowest BCUT2D eigenvalue weighted by molar-refractivity contribution is -0.197. The molecule has 0 aliphatic carbocycles. The number of rotatable bonds is 4. The number of ether oxygens (including phenoxy) is 1. The molecule has 0 heterocycles. The number of aliphatic hydroxyl groups is 1. The van der Waals surface area contributed by atoms with Gasteiger partial charge in [-0.2, -0.15) is 0 Å². The van der Waals surface area contributed by atoms with Gasteiger partial charge in [0, 0.05) is 0 Å². The van der Waals surface area contributed by atoms with Crippen LogP contribution >= 0.6 is 7.60 Å². The summed E-state index contributed by atoms with van der Waals surface area (Å²) in [7, 11) is -3.68. The maximum Gasteiger partial charge on any atom is 0.376 e. The van der Waals surface area contributed by atoms with E-state index in [1.165, 1.54) is 6.92 Å². The maximum atomic E-state index is 10.7. The molecule has 72 valence electrons. The highest BCUT2D eigenvalue weighted by atomic mass is 31.2. The summed E-state index contributed by atoms with van der Waals surface area (Å²) in [5.41, 5.74) is -1.44. The minimum Gasteiger partial charge on any atom is -0.770 e. The molecular formula is C5H10O6P-. The van der Waals surface area contributed by atoms with Gasteiger partial charge in [-0.05, 0) is 6.92 Å². The standard InChI is InChI=1S/C5H11O6P/c1-4(6)3-11-12(8,9)5(7)10-2/h4,6H,3H2,1-2H3,(H,8,9)/p-1. The minimum atomic E-state index is -4.61. The first-order valence-corrected chi connectivity index (χ1v) is 4.66. The van der Waals surface area contributed by atoms with Crippen LogP contribution in [0.2, 0.25) is 0 Å². The second kappa shape index (κ2) is 4.57. The molecule has 0 aromatic carbocycles. The largest absolute Gasteiger partial charge is 0.770 e. The summed E-state index contributed by atoms with van der Waals surface area (Å²) in [6, 6.07) is 0. The monoisotopic (exact) mass is 197 g/mol. The molecule has 2 atom stereocenters. The van der Waals surface area contributed by atoms with E-state index in [1.807, 2.05) is 0 Å². The molecule has 0 rings (SSSR count). The Morgan fingerprint density at radius 3 is 2.58 bits per heavy atom. The van der Waals surface area contributed by atoms with E-state index in [2.05, 4.69) is 9.26 Å². The van der Waals surface area contributed by atoms with Crippen molar-refractivity contribution in [3.63, 3.8) is 0 Å². The van der Waals surface area contributed by atoms with Gasteiger partial charge in [-0.15, -0.1) is 0 Å². The Hall–Kier alpha value is -0.420. The molecule has 0 amide bonds. The Labute approximate surface area is 69.6 Å². The van der Waals surface area contributed by atoms with Crippen molar-refractivity contribution in [2.45, 2.75) is 13.0 Å². The fraction of sp³-hybridized carbons (Fsp3) is 0.800. The van der Waals surface area contributed by atoms with E-state index in [1.54, 1.807) is 0 Å². The van der Waals surface area contributed by atoms with Crippen molar-refractivity contribution in [2.24, 2.45) is 0 Å². The molecule has 1 N–H and O–H groups in total. The van der Waals surface area contributed by atoms with Gasteiger partial charge in [-0.25, -0.2) is 4.79 Å². The molecule has 0 bridgehead atoms. The van der Waals surface area contributed by atoms with Crippen LogP contribution in [0.25, 0.3) is 0 Å². The SMILES string of the molecule is COC(=O)P(=O)([O-])OCC(C)O. The molecule has 7 heteroatoms. The lowest BCUT2D eigenvalue weighted by Gasteiger charge is -2.20. The lowest BCUT2D eigenvalue weighted by atomic mass is 10.5. The van der Waals surface area contributed by atoms with Crippen LogP contribution < -0.4 is 4.89 Å². The van der Waals surface area contributed by atoms with Gasteiger partial charge in [0.25, 0.3) is 0 Å². The molecule has 0 spiro atoms. The zero-order valence-electron chi connectivity index (χ0n) is 6.72. The number of carbonyl (C=O) groups is 1. The molecule has 6 nitrogen and oxygen atoms in total. The zero-order valence-corrected chi connectivity index (χ0v) is 7.61. The van der Waals surface area contributed by atoms with E-state index in [4.69, 9.17) is 5.11 Å². The highest BCUT2D eigenvalue weighted by Gasteiger charge is 2.21. The van der Waals surface area contributed by atoms with Gasteiger partial charge in [-0.3, -0.25) is 4.57 Å². The third-order valence-corrected chi connectivity index (χ3v) is 2.00. The number of aliphatic hydroxyl groups excluding tert-OH is 1. The van der Waals surface area contributed by atoms with Crippen LogP contribution in [0.15, 0.2) is 0 Å². The van der Waals surface area contributed by atoms with Crippen LogP contribution in [0.1, 0.15) is 6.92 Å². The molecule has 0 aliphatic heterocycles. The molecule has 0 saturated carbocycles. The number of hydrogen-bond donors (Lipinski definition) is 1. The third kappa shape index (κ3) is 3.82. The Bertz CT molecular complexity index is 200. The topological polar surface area (TPSA) is 95.9 Å². The van der Waals surface area contributed by atoms with Crippen molar-refractivity contribution in [3.8, 4) is 0 Å². The predicted molar refractivity (Wildman–Crippen MR) is 37.6 cm³/mol. The predicted octanol–water partition coefficient (Wildman–Crippen LogP) is -0.296. The van der Waals surface area contributed by atoms with E-state index >= 15 is 0 Å². The van der Waals surface area contributed by atoms with Crippen molar-refractivity contribution in [1.29, 1.82) is 0 Å². The van der Waals surface area contributed by atoms with Crippen LogP contribution in [-0.4, -0.2) is 30.6 Å². The van der Waals surface area contributed by atoms with Crippen molar-refractivity contribution >= 4 is 13.3 Å². The second-order valence-electron chi connectivity index (χ2n) is 2.11. The van der Waals surface area contributed by atoms with Gasteiger partial charge in [-0.1, -0.05) is 0 Å². The molecule has 0 fully saturated rings. The smallest absolute Gasteiger partial charge is 0.376 e. The Balaban J connectivity index is 4.05. The van der Waals surface area contributed by atoms with Crippen molar-refractivity contribution < 1.29 is 28.6 Å². The van der Waals surface area contributed by atoms with Gasteiger partial charge in [0.1, 0.15) is 0 Å². The lowest BCUT2D eigenvalue weighted by Crippen LogP contribution is -2.18. The fourth-order valence-corrected chi connectivity index (χ4v) is 1.11. The van der Waals surface area contributed by atoms with Gasteiger partial charge >= 0.3 is 5.71 Å². The van der Waals surface area contributed by atoms with Crippen LogP contribution in [0.4, 0.5) is 4.79 Å². The van der Waals surface area contributed by atoms with Crippen LogP contribution in [0.5, 0.6) is 0 Å². The molecule has 2 unspecified atom stereocenters. The van der Waals surface area contributed by atoms with E-state index in [-0.39, 0.29) is 0 Å². The molecular weight excluding hydrogens is 187 g/mol. The van der Waals surface area contributed by atoms with E-state index < -0.39 is 26.0 Å². The van der Waals surface area contributed by atoms with Crippen molar-refractivity contribution in [1.82, 2.24) is 0 Å². The highest BCUT2D eigenvalue weighted by Crippen LogP contribution is 2.38. The first kappa shape index (κ1) is 11.6. The number of hydrogen-bond acceptors (Lipinski definition) is 6. The average molecular weight is 197 g/mol. The molecule has 0 aromatic rings. The summed E-state index contributed by atoms with van der Waals surface area (Å²) < 4.78 is 18.7. The van der Waals surface area contributed by atoms with Crippen molar-refractivity contribution in [2.75, 3.05) is 13.7 Å². The van der Waals surface area contributed by atoms with Crippen LogP contribution in [0, 0.1) is 0 Å². The minimum absolute atomic E-state index is 0.449. The zero-order chi connectivity index (χ0) is 9.78. The van der Waals surface area contributed by atoms with E-state index in [0.717, 1.165) is 7.11 Å².